The van der Waals surface area contributed by atoms with Crippen LogP contribution in [0.1, 0.15) is 18.2 Å². The van der Waals surface area contributed by atoms with E-state index < -0.39 is 0 Å². The van der Waals surface area contributed by atoms with Gasteiger partial charge in [-0.05, 0) is 25.1 Å². The molecule has 0 N–H and O–H groups in total. The largest absolute Gasteiger partial charge is 0.364 e. The van der Waals surface area contributed by atoms with Crippen LogP contribution in [-0.4, -0.2) is 16.5 Å². The summed E-state index contributed by atoms with van der Waals surface area (Å²) >= 11 is 0. The lowest BCUT2D eigenvalue weighted by atomic mass is 10.2. The summed E-state index contributed by atoms with van der Waals surface area (Å²) in [5, 5.41) is 9.11. The van der Waals surface area contributed by atoms with Gasteiger partial charge in [0.05, 0.1) is 29.7 Å². The van der Waals surface area contributed by atoms with Crippen LogP contribution in [0.25, 0.3) is 0 Å². The van der Waals surface area contributed by atoms with Crippen LogP contribution in [0.15, 0.2) is 42.9 Å². The molecule has 0 saturated heterocycles. The quantitative estimate of drug-likeness (QED) is 0.820. The van der Waals surface area contributed by atoms with Gasteiger partial charge in [0.2, 0.25) is 0 Å². The lowest BCUT2D eigenvalue weighted by Gasteiger charge is -2.23. The molecule has 0 amide bonds. The lowest BCUT2D eigenvalue weighted by molar-refractivity contribution is 0.805. The fraction of sp³-hybridized carbons (Fsp3) is 0.214. The van der Waals surface area contributed by atoms with Crippen LogP contribution in [0.4, 0.5) is 5.69 Å². The van der Waals surface area contributed by atoms with Crippen LogP contribution in [0.2, 0.25) is 0 Å². The van der Waals surface area contributed by atoms with E-state index in [9.17, 15) is 0 Å². The second-order valence-corrected chi connectivity index (χ2v) is 3.84. The maximum Gasteiger partial charge on any atom is 0.101 e. The molecule has 0 spiro atoms. The molecule has 0 aliphatic heterocycles. The Balaban J connectivity index is 2.27. The van der Waals surface area contributed by atoms with Crippen molar-refractivity contribution in [2.24, 2.45) is 0 Å². The Morgan fingerprint density at radius 2 is 2.17 bits per heavy atom. The van der Waals surface area contributed by atoms with Crippen molar-refractivity contribution in [3.63, 3.8) is 0 Å². The molecule has 2 rings (SSSR count). The van der Waals surface area contributed by atoms with Crippen molar-refractivity contribution < 1.29 is 0 Å². The van der Waals surface area contributed by atoms with Gasteiger partial charge in [0.25, 0.3) is 0 Å². The van der Waals surface area contributed by atoms with Crippen molar-refractivity contribution in [3.05, 3.63) is 54.1 Å². The summed E-state index contributed by atoms with van der Waals surface area (Å²) in [4.78, 5) is 10.5. The zero-order chi connectivity index (χ0) is 12.8. The minimum Gasteiger partial charge on any atom is -0.364 e. The normalized spacial score (nSPS) is 9.78. The van der Waals surface area contributed by atoms with E-state index in [-0.39, 0.29) is 0 Å². The number of hydrogen-bond acceptors (Lipinski definition) is 4. The molecule has 0 radical (unpaired) electrons. The number of nitrogens with zero attached hydrogens (tertiary/aromatic N) is 4. The highest BCUT2D eigenvalue weighted by atomic mass is 15.1. The molecular formula is C14H14N4. The van der Waals surface area contributed by atoms with E-state index in [1.165, 1.54) is 0 Å². The van der Waals surface area contributed by atoms with Crippen molar-refractivity contribution in [2.45, 2.75) is 13.5 Å². The van der Waals surface area contributed by atoms with Crippen molar-refractivity contribution in [3.8, 4) is 6.07 Å². The number of anilines is 1. The highest BCUT2D eigenvalue weighted by molar-refractivity contribution is 5.57. The first kappa shape index (κ1) is 12.1. The van der Waals surface area contributed by atoms with Crippen LogP contribution < -0.4 is 4.90 Å². The molecule has 2 aromatic heterocycles. The first-order valence-electron chi connectivity index (χ1n) is 5.84. The minimum absolute atomic E-state index is 0.641. The first-order chi connectivity index (χ1) is 8.85. The second kappa shape index (κ2) is 5.78. The van der Waals surface area contributed by atoms with Gasteiger partial charge in [-0.25, -0.2) is 0 Å². The fourth-order valence-corrected chi connectivity index (χ4v) is 1.79. The summed E-state index contributed by atoms with van der Waals surface area (Å²) < 4.78 is 0. The van der Waals surface area contributed by atoms with E-state index in [0.29, 0.717) is 12.1 Å². The van der Waals surface area contributed by atoms with Gasteiger partial charge in [-0.2, -0.15) is 5.26 Å². The number of rotatable bonds is 4. The van der Waals surface area contributed by atoms with E-state index in [0.717, 1.165) is 17.9 Å². The molecular weight excluding hydrogens is 224 g/mol. The molecule has 0 aliphatic rings. The van der Waals surface area contributed by atoms with E-state index in [1.807, 2.05) is 18.2 Å². The molecule has 18 heavy (non-hydrogen) atoms. The van der Waals surface area contributed by atoms with E-state index in [4.69, 9.17) is 5.26 Å². The SMILES string of the molecule is CCN(Cc1ccccn1)c1cnccc1C#N. The van der Waals surface area contributed by atoms with Crippen LogP contribution in [0, 0.1) is 11.3 Å². The smallest absolute Gasteiger partial charge is 0.101 e. The number of nitriles is 1. The van der Waals surface area contributed by atoms with Gasteiger partial charge in [0.15, 0.2) is 0 Å². The van der Waals surface area contributed by atoms with Crippen molar-refractivity contribution >= 4 is 5.69 Å². The van der Waals surface area contributed by atoms with Crippen molar-refractivity contribution in [1.82, 2.24) is 9.97 Å². The van der Waals surface area contributed by atoms with Crippen LogP contribution in [0.5, 0.6) is 0 Å². The summed E-state index contributed by atoms with van der Waals surface area (Å²) in [6.45, 7) is 3.53. The zero-order valence-corrected chi connectivity index (χ0v) is 10.2. The number of aromatic nitrogens is 2. The van der Waals surface area contributed by atoms with Gasteiger partial charge < -0.3 is 4.90 Å². The summed E-state index contributed by atoms with van der Waals surface area (Å²) in [6.07, 6.45) is 5.14. The molecule has 0 aliphatic carbocycles. The van der Waals surface area contributed by atoms with Gasteiger partial charge in [0.1, 0.15) is 6.07 Å². The summed E-state index contributed by atoms with van der Waals surface area (Å²) in [5.41, 5.74) is 2.48. The average Bonchev–Trinajstić information content (AvgIpc) is 2.46. The molecule has 0 aromatic carbocycles. The third-order valence-electron chi connectivity index (χ3n) is 2.72. The topological polar surface area (TPSA) is 52.8 Å². The van der Waals surface area contributed by atoms with Crippen LogP contribution >= 0.6 is 0 Å². The fourth-order valence-electron chi connectivity index (χ4n) is 1.79. The highest BCUT2D eigenvalue weighted by Gasteiger charge is 2.10. The maximum absolute atomic E-state index is 9.11. The van der Waals surface area contributed by atoms with Crippen molar-refractivity contribution in [1.29, 1.82) is 5.26 Å². The molecule has 90 valence electrons. The second-order valence-electron chi connectivity index (χ2n) is 3.84. The third-order valence-corrected chi connectivity index (χ3v) is 2.72. The van der Waals surface area contributed by atoms with Gasteiger partial charge >= 0.3 is 0 Å². The Hall–Kier alpha value is -2.41. The summed E-state index contributed by atoms with van der Waals surface area (Å²) in [6, 6.07) is 9.76. The monoisotopic (exact) mass is 238 g/mol. The predicted octanol–water partition coefficient (Wildman–Crippen LogP) is 2.37. The van der Waals surface area contributed by atoms with E-state index in [2.05, 4.69) is 27.9 Å². The first-order valence-corrected chi connectivity index (χ1v) is 5.84. The minimum atomic E-state index is 0.641. The van der Waals surface area contributed by atoms with Gasteiger partial charge in [-0.3, -0.25) is 9.97 Å². The Bertz CT molecular complexity index is 545. The van der Waals surface area contributed by atoms with Gasteiger partial charge in [0, 0.05) is 18.9 Å². The van der Waals surface area contributed by atoms with Crippen molar-refractivity contribution in [2.75, 3.05) is 11.4 Å². The lowest BCUT2D eigenvalue weighted by Crippen LogP contribution is -2.23. The maximum atomic E-state index is 9.11. The molecule has 0 atom stereocenters. The molecule has 0 saturated carbocycles. The molecule has 2 aromatic rings. The zero-order valence-electron chi connectivity index (χ0n) is 10.2. The van der Waals surface area contributed by atoms with Gasteiger partial charge in [-0.15, -0.1) is 0 Å². The predicted molar refractivity (Wildman–Crippen MR) is 69.9 cm³/mol. The molecule has 0 bridgehead atoms. The van der Waals surface area contributed by atoms with Gasteiger partial charge in [-0.1, -0.05) is 6.07 Å². The highest BCUT2D eigenvalue weighted by Crippen LogP contribution is 2.19. The molecule has 0 unspecified atom stereocenters. The summed E-state index contributed by atoms with van der Waals surface area (Å²) in [5.74, 6) is 0. The number of pyridine rings is 2. The standard InChI is InChI=1S/C14H14N4/c1-2-18(11-13-5-3-4-7-17-13)14-10-16-8-6-12(14)9-15/h3-8,10H,2,11H2,1H3. The molecule has 0 fully saturated rings. The molecule has 2 heterocycles. The van der Waals surface area contributed by atoms with E-state index in [1.54, 1.807) is 24.7 Å². The average molecular weight is 238 g/mol. The Labute approximate surface area is 107 Å². The van der Waals surface area contributed by atoms with E-state index >= 15 is 0 Å². The Kier molecular flexibility index (Phi) is 3.87. The van der Waals surface area contributed by atoms with Crippen LogP contribution in [0.3, 0.4) is 0 Å². The number of hydrogen-bond donors (Lipinski definition) is 0. The molecule has 4 heteroatoms. The Morgan fingerprint density at radius 1 is 1.28 bits per heavy atom. The Morgan fingerprint density at radius 3 is 2.83 bits per heavy atom. The summed E-state index contributed by atoms with van der Waals surface area (Å²) in [7, 11) is 0. The molecule has 4 nitrogen and oxygen atoms in total. The van der Waals surface area contributed by atoms with Crippen LogP contribution in [-0.2, 0) is 6.54 Å². The third kappa shape index (κ3) is 2.64.